The number of carbonyl (C=O) groups is 2. The van der Waals surface area contributed by atoms with E-state index in [2.05, 4.69) is 0 Å². The Morgan fingerprint density at radius 2 is 2.30 bits per heavy atom. The van der Waals surface area contributed by atoms with Gasteiger partial charge >= 0.3 is 5.97 Å². The highest BCUT2D eigenvalue weighted by atomic mass is 35.5. The van der Waals surface area contributed by atoms with Gasteiger partial charge in [-0.1, -0.05) is 0 Å². The van der Waals surface area contributed by atoms with Gasteiger partial charge in [-0.05, 0) is 50.2 Å². The Hall–Kier alpha value is -0.870. The first-order valence-electron chi connectivity index (χ1n) is 6.92. The molecule has 3 atom stereocenters. The fraction of sp³-hybridized carbons (Fsp3) is 0.600. The number of aryl methyl sites for hydroxylation is 1. The molecule has 1 heterocycles. The zero-order valence-corrected chi connectivity index (χ0v) is 13.1. The average molecular weight is 315 g/mol. The van der Waals surface area contributed by atoms with Crippen LogP contribution in [0.5, 0.6) is 0 Å². The molecule has 0 aromatic carbocycles. The van der Waals surface area contributed by atoms with Crippen molar-refractivity contribution in [2.75, 3.05) is 7.11 Å². The van der Waals surface area contributed by atoms with Gasteiger partial charge in [0.25, 0.3) is 0 Å². The number of aldehydes is 1. The van der Waals surface area contributed by atoms with Crippen molar-refractivity contribution in [3.8, 4) is 0 Å². The van der Waals surface area contributed by atoms with Gasteiger partial charge in [-0.2, -0.15) is 0 Å². The maximum absolute atomic E-state index is 11.4. The number of hydrogen-bond acceptors (Lipinski definition) is 4. The van der Waals surface area contributed by atoms with E-state index in [0.717, 1.165) is 38.4 Å². The zero-order valence-electron chi connectivity index (χ0n) is 11.5. The predicted octanol–water partition coefficient (Wildman–Crippen LogP) is 3.69. The molecule has 0 amide bonds. The minimum Gasteiger partial charge on any atom is -0.465 e. The van der Waals surface area contributed by atoms with E-state index in [1.54, 1.807) is 6.07 Å². The van der Waals surface area contributed by atoms with Crippen LogP contribution in [0.25, 0.3) is 0 Å². The lowest BCUT2D eigenvalue weighted by Gasteiger charge is -2.17. The van der Waals surface area contributed by atoms with Gasteiger partial charge in [0.05, 0.1) is 7.11 Å². The third-order valence-electron chi connectivity index (χ3n) is 3.97. The van der Waals surface area contributed by atoms with Crippen molar-refractivity contribution in [3.63, 3.8) is 0 Å². The number of esters is 1. The Morgan fingerprint density at radius 3 is 3.00 bits per heavy atom. The molecule has 110 valence electrons. The highest BCUT2D eigenvalue weighted by molar-refractivity contribution is 7.13. The van der Waals surface area contributed by atoms with Gasteiger partial charge in [-0.3, -0.25) is 0 Å². The summed E-state index contributed by atoms with van der Waals surface area (Å²) in [5.74, 6) is 0.166. The maximum Gasteiger partial charge on any atom is 0.348 e. The van der Waals surface area contributed by atoms with E-state index in [-0.39, 0.29) is 17.3 Å². The zero-order chi connectivity index (χ0) is 14.5. The van der Waals surface area contributed by atoms with Crippen molar-refractivity contribution in [1.82, 2.24) is 0 Å². The monoisotopic (exact) mass is 314 g/mol. The predicted molar refractivity (Wildman–Crippen MR) is 80.5 cm³/mol. The van der Waals surface area contributed by atoms with Gasteiger partial charge in [0.1, 0.15) is 11.2 Å². The SMILES string of the molecule is COC(=O)c1ccc(CCCC2[C@H](Cl)CC[C@@H]2C=O)s1. The number of halogens is 1. The van der Waals surface area contributed by atoms with Gasteiger partial charge in [0.2, 0.25) is 0 Å². The van der Waals surface area contributed by atoms with Crippen LogP contribution in [-0.2, 0) is 16.0 Å². The number of rotatable bonds is 6. The number of ether oxygens (including phenoxy) is 1. The number of methoxy groups -OCH3 is 1. The molecular weight excluding hydrogens is 296 g/mol. The third-order valence-corrected chi connectivity index (χ3v) is 5.64. The van der Waals surface area contributed by atoms with Crippen LogP contribution in [0.4, 0.5) is 0 Å². The van der Waals surface area contributed by atoms with Crippen LogP contribution in [0.1, 0.15) is 40.2 Å². The molecule has 0 aliphatic heterocycles. The molecule has 20 heavy (non-hydrogen) atoms. The van der Waals surface area contributed by atoms with Gasteiger partial charge in [-0.15, -0.1) is 22.9 Å². The van der Waals surface area contributed by atoms with Crippen molar-refractivity contribution < 1.29 is 14.3 Å². The maximum atomic E-state index is 11.4. The normalized spacial score (nSPS) is 25.6. The van der Waals surface area contributed by atoms with Crippen LogP contribution in [-0.4, -0.2) is 24.7 Å². The van der Waals surface area contributed by atoms with Crippen LogP contribution in [0.3, 0.4) is 0 Å². The van der Waals surface area contributed by atoms with Crippen molar-refractivity contribution >= 4 is 35.2 Å². The molecule has 1 saturated carbocycles. The second kappa shape index (κ2) is 7.23. The Morgan fingerprint density at radius 1 is 1.50 bits per heavy atom. The molecule has 5 heteroatoms. The van der Waals surface area contributed by atoms with Crippen LogP contribution in [0.15, 0.2) is 12.1 Å². The van der Waals surface area contributed by atoms with E-state index < -0.39 is 0 Å². The van der Waals surface area contributed by atoms with Crippen molar-refractivity contribution in [1.29, 1.82) is 0 Å². The fourth-order valence-corrected chi connectivity index (χ4v) is 4.25. The van der Waals surface area contributed by atoms with E-state index in [4.69, 9.17) is 16.3 Å². The van der Waals surface area contributed by atoms with Crippen LogP contribution >= 0.6 is 22.9 Å². The van der Waals surface area contributed by atoms with Gasteiger partial charge in [0.15, 0.2) is 0 Å². The minimum absolute atomic E-state index is 0.131. The molecule has 1 aliphatic carbocycles. The quantitative estimate of drug-likeness (QED) is 0.457. The second-order valence-corrected chi connectivity index (χ2v) is 6.94. The lowest BCUT2D eigenvalue weighted by atomic mass is 9.92. The van der Waals surface area contributed by atoms with Gasteiger partial charge in [-0.25, -0.2) is 4.79 Å². The fourth-order valence-electron chi connectivity index (χ4n) is 2.85. The Bertz CT molecular complexity index is 471. The van der Waals surface area contributed by atoms with Gasteiger partial charge in [0, 0.05) is 16.2 Å². The molecule has 0 bridgehead atoms. The smallest absolute Gasteiger partial charge is 0.348 e. The molecule has 0 radical (unpaired) electrons. The topological polar surface area (TPSA) is 43.4 Å². The van der Waals surface area contributed by atoms with E-state index >= 15 is 0 Å². The molecule has 1 unspecified atom stereocenters. The first-order valence-corrected chi connectivity index (χ1v) is 8.17. The molecule has 1 fully saturated rings. The number of carbonyl (C=O) groups excluding carboxylic acids is 2. The molecule has 1 aliphatic rings. The van der Waals surface area contributed by atoms with E-state index in [1.165, 1.54) is 23.3 Å². The number of alkyl halides is 1. The molecule has 0 N–H and O–H groups in total. The second-order valence-electron chi connectivity index (χ2n) is 5.21. The van der Waals surface area contributed by atoms with Crippen LogP contribution in [0, 0.1) is 11.8 Å². The summed E-state index contributed by atoms with van der Waals surface area (Å²) in [5, 5.41) is 0.138. The summed E-state index contributed by atoms with van der Waals surface area (Å²) in [5.41, 5.74) is 0. The first kappa shape index (κ1) is 15.5. The molecular formula is C15H19ClO3S. The number of hydrogen-bond donors (Lipinski definition) is 0. The molecule has 1 aromatic rings. The highest BCUT2D eigenvalue weighted by Gasteiger charge is 2.33. The van der Waals surface area contributed by atoms with Crippen molar-refractivity contribution in [3.05, 3.63) is 21.9 Å². The summed E-state index contributed by atoms with van der Waals surface area (Å²) >= 11 is 7.76. The lowest BCUT2D eigenvalue weighted by molar-refractivity contribution is -0.112. The molecule has 3 nitrogen and oxygen atoms in total. The number of thiophene rings is 1. The van der Waals surface area contributed by atoms with E-state index in [0.29, 0.717) is 10.8 Å². The third kappa shape index (κ3) is 3.61. The standard InChI is InChI=1S/C15H19ClO3S/c1-19-15(18)14-8-6-11(20-14)3-2-4-12-10(9-17)5-7-13(12)16/h6,8-10,12-13H,2-5,7H2,1H3/t10-,12?,13-/m1/s1. The molecule has 2 rings (SSSR count). The molecule has 1 aromatic heterocycles. The Balaban J connectivity index is 1.82. The molecule has 0 spiro atoms. The summed E-state index contributed by atoms with van der Waals surface area (Å²) in [7, 11) is 1.39. The van der Waals surface area contributed by atoms with E-state index in [1.807, 2.05) is 6.07 Å². The Kier molecular flexibility index (Phi) is 5.61. The largest absolute Gasteiger partial charge is 0.465 e. The van der Waals surface area contributed by atoms with Crippen LogP contribution < -0.4 is 0 Å². The minimum atomic E-state index is -0.279. The summed E-state index contributed by atoms with van der Waals surface area (Å²) in [6.45, 7) is 0. The summed E-state index contributed by atoms with van der Waals surface area (Å²) in [4.78, 5) is 24.2. The summed E-state index contributed by atoms with van der Waals surface area (Å²) in [6.07, 6.45) is 5.83. The van der Waals surface area contributed by atoms with Crippen molar-refractivity contribution in [2.45, 2.75) is 37.5 Å². The highest BCUT2D eigenvalue weighted by Crippen LogP contribution is 2.37. The summed E-state index contributed by atoms with van der Waals surface area (Å²) < 4.78 is 4.69. The van der Waals surface area contributed by atoms with Crippen LogP contribution in [0.2, 0.25) is 0 Å². The van der Waals surface area contributed by atoms with Crippen molar-refractivity contribution in [2.24, 2.45) is 11.8 Å². The van der Waals surface area contributed by atoms with Gasteiger partial charge < -0.3 is 9.53 Å². The molecule has 0 saturated heterocycles. The average Bonchev–Trinajstić information content (AvgIpc) is 3.06. The van der Waals surface area contributed by atoms with E-state index in [9.17, 15) is 9.59 Å². The first-order chi connectivity index (χ1) is 9.65. The summed E-state index contributed by atoms with van der Waals surface area (Å²) in [6, 6.07) is 3.78. The lowest BCUT2D eigenvalue weighted by Crippen LogP contribution is -2.16. The Labute approximate surface area is 128 Å².